The predicted octanol–water partition coefficient (Wildman–Crippen LogP) is 1.75. The molecule has 1 aromatic carbocycles. The van der Waals surface area contributed by atoms with Crippen LogP contribution in [-0.2, 0) is 0 Å². The number of halogens is 1. The van der Waals surface area contributed by atoms with E-state index in [9.17, 15) is 4.39 Å². The SMILES string of the molecule is COc1ccc(-c2nc(N)nc3[nH]ncc23)c(F)c1. The molecule has 0 spiro atoms. The number of nitrogens with two attached hydrogens (primary N) is 1. The van der Waals surface area contributed by atoms with Crippen molar-refractivity contribution in [3.8, 4) is 17.0 Å². The van der Waals surface area contributed by atoms with Crippen LogP contribution in [0.3, 0.4) is 0 Å². The van der Waals surface area contributed by atoms with Gasteiger partial charge >= 0.3 is 0 Å². The van der Waals surface area contributed by atoms with Crippen LogP contribution in [0.4, 0.5) is 10.3 Å². The number of nitrogens with one attached hydrogen (secondary N) is 1. The van der Waals surface area contributed by atoms with Gasteiger partial charge in [0.1, 0.15) is 11.6 Å². The van der Waals surface area contributed by atoms with Gasteiger partial charge in [-0.3, -0.25) is 5.10 Å². The maximum atomic E-state index is 14.1. The number of hydrogen-bond donors (Lipinski definition) is 2. The van der Waals surface area contributed by atoms with Crippen LogP contribution < -0.4 is 10.5 Å². The zero-order valence-electron chi connectivity index (χ0n) is 10.0. The fourth-order valence-electron chi connectivity index (χ4n) is 1.87. The van der Waals surface area contributed by atoms with Crippen molar-refractivity contribution in [3.05, 3.63) is 30.2 Å². The molecule has 2 aromatic heterocycles. The summed E-state index contributed by atoms with van der Waals surface area (Å²) in [6.45, 7) is 0. The number of nitrogens with zero attached hydrogens (tertiary/aromatic N) is 3. The zero-order valence-corrected chi connectivity index (χ0v) is 10.0. The second-order valence-corrected chi connectivity index (χ2v) is 3.91. The standard InChI is InChI=1S/C12H10FN5O/c1-19-6-2-3-7(9(13)4-6)10-8-5-15-18-11(8)17-12(14)16-10/h2-5H,1H3,(H3,14,15,16,17,18). The van der Waals surface area contributed by atoms with Gasteiger partial charge in [-0.1, -0.05) is 0 Å². The number of nitrogen functional groups attached to an aromatic ring is 1. The van der Waals surface area contributed by atoms with Crippen LogP contribution in [0.15, 0.2) is 24.4 Å². The molecule has 3 rings (SSSR count). The van der Waals surface area contributed by atoms with Crippen molar-refractivity contribution < 1.29 is 9.13 Å². The highest BCUT2D eigenvalue weighted by Gasteiger charge is 2.14. The molecule has 0 radical (unpaired) electrons. The number of rotatable bonds is 2. The molecule has 0 fully saturated rings. The van der Waals surface area contributed by atoms with E-state index < -0.39 is 5.82 Å². The third-order valence-electron chi connectivity index (χ3n) is 2.76. The molecule has 0 atom stereocenters. The normalized spacial score (nSPS) is 10.8. The van der Waals surface area contributed by atoms with Crippen LogP contribution in [0.25, 0.3) is 22.3 Å². The van der Waals surface area contributed by atoms with E-state index in [4.69, 9.17) is 10.5 Å². The highest BCUT2D eigenvalue weighted by atomic mass is 19.1. The largest absolute Gasteiger partial charge is 0.497 e. The van der Waals surface area contributed by atoms with Crippen molar-refractivity contribution in [3.63, 3.8) is 0 Å². The van der Waals surface area contributed by atoms with Gasteiger partial charge in [-0.05, 0) is 12.1 Å². The number of anilines is 1. The molecule has 0 bridgehead atoms. The molecular formula is C12H10FN5O. The molecule has 6 nitrogen and oxygen atoms in total. The van der Waals surface area contributed by atoms with Crippen LogP contribution in [0, 0.1) is 5.82 Å². The van der Waals surface area contributed by atoms with Gasteiger partial charge in [0.05, 0.1) is 24.4 Å². The average molecular weight is 259 g/mol. The number of hydrogen-bond acceptors (Lipinski definition) is 5. The summed E-state index contributed by atoms with van der Waals surface area (Å²) in [5.74, 6) is 0.0497. The molecule has 96 valence electrons. The van der Waals surface area contributed by atoms with E-state index in [1.54, 1.807) is 12.1 Å². The summed E-state index contributed by atoms with van der Waals surface area (Å²) in [5.41, 5.74) is 6.80. The van der Waals surface area contributed by atoms with Gasteiger partial charge in [-0.15, -0.1) is 0 Å². The van der Waals surface area contributed by atoms with Crippen molar-refractivity contribution in [2.75, 3.05) is 12.8 Å². The monoisotopic (exact) mass is 259 g/mol. The molecule has 7 heteroatoms. The molecule has 2 heterocycles. The highest BCUT2D eigenvalue weighted by Crippen LogP contribution is 2.29. The Balaban J connectivity index is 2.26. The number of aromatic nitrogens is 4. The summed E-state index contributed by atoms with van der Waals surface area (Å²) < 4.78 is 19.0. The maximum absolute atomic E-state index is 14.1. The molecule has 3 N–H and O–H groups in total. The first-order valence-electron chi connectivity index (χ1n) is 5.49. The van der Waals surface area contributed by atoms with E-state index in [2.05, 4.69) is 20.2 Å². The molecule has 0 aliphatic heterocycles. The number of fused-ring (bicyclic) bond motifs is 1. The Kier molecular flexibility index (Phi) is 2.52. The van der Waals surface area contributed by atoms with Gasteiger partial charge < -0.3 is 10.5 Å². The molecule has 0 saturated carbocycles. The predicted molar refractivity (Wildman–Crippen MR) is 68.0 cm³/mol. The van der Waals surface area contributed by atoms with E-state index in [0.717, 1.165) is 0 Å². The van der Waals surface area contributed by atoms with Gasteiger partial charge in [0.25, 0.3) is 0 Å². The van der Waals surface area contributed by atoms with Gasteiger partial charge in [0.2, 0.25) is 5.95 Å². The molecule has 0 aliphatic rings. The first kappa shape index (κ1) is 11.4. The minimum Gasteiger partial charge on any atom is -0.497 e. The topological polar surface area (TPSA) is 89.7 Å². The number of H-pyrrole nitrogens is 1. The minimum absolute atomic E-state index is 0.0574. The Morgan fingerprint density at radius 2 is 2.16 bits per heavy atom. The first-order valence-corrected chi connectivity index (χ1v) is 5.49. The lowest BCUT2D eigenvalue weighted by molar-refractivity contribution is 0.411. The summed E-state index contributed by atoms with van der Waals surface area (Å²) in [5, 5.41) is 7.16. The van der Waals surface area contributed by atoms with Crippen LogP contribution in [0.5, 0.6) is 5.75 Å². The lowest BCUT2D eigenvalue weighted by atomic mass is 10.1. The van der Waals surface area contributed by atoms with Crippen molar-refractivity contribution in [1.29, 1.82) is 0 Å². The molecule has 0 amide bonds. The van der Waals surface area contributed by atoms with Gasteiger partial charge in [-0.25, -0.2) is 9.37 Å². The van der Waals surface area contributed by atoms with Crippen LogP contribution in [-0.4, -0.2) is 27.3 Å². The van der Waals surface area contributed by atoms with Gasteiger partial charge in [0, 0.05) is 11.6 Å². The Morgan fingerprint density at radius 3 is 2.89 bits per heavy atom. The highest BCUT2D eigenvalue weighted by molar-refractivity contribution is 5.90. The maximum Gasteiger partial charge on any atom is 0.222 e. The third-order valence-corrected chi connectivity index (χ3v) is 2.76. The molecular weight excluding hydrogens is 249 g/mol. The fourth-order valence-corrected chi connectivity index (χ4v) is 1.87. The minimum atomic E-state index is -0.444. The van der Waals surface area contributed by atoms with Crippen LogP contribution in [0.2, 0.25) is 0 Å². The van der Waals surface area contributed by atoms with Crippen molar-refractivity contribution >= 4 is 17.0 Å². The van der Waals surface area contributed by atoms with Crippen LogP contribution >= 0.6 is 0 Å². The van der Waals surface area contributed by atoms with E-state index in [1.165, 1.54) is 19.4 Å². The van der Waals surface area contributed by atoms with Crippen molar-refractivity contribution in [2.45, 2.75) is 0 Å². The van der Waals surface area contributed by atoms with Crippen molar-refractivity contribution in [1.82, 2.24) is 20.2 Å². The number of benzene rings is 1. The summed E-state index contributed by atoms with van der Waals surface area (Å²) in [7, 11) is 1.48. The molecule has 3 aromatic rings. The Morgan fingerprint density at radius 1 is 1.32 bits per heavy atom. The summed E-state index contributed by atoms with van der Waals surface area (Å²) in [4.78, 5) is 8.07. The summed E-state index contributed by atoms with van der Waals surface area (Å²) in [6, 6.07) is 4.53. The summed E-state index contributed by atoms with van der Waals surface area (Å²) in [6.07, 6.45) is 1.54. The first-order chi connectivity index (χ1) is 9.19. The quantitative estimate of drug-likeness (QED) is 0.731. The van der Waals surface area contributed by atoms with Gasteiger partial charge in [-0.2, -0.15) is 10.1 Å². The lowest BCUT2D eigenvalue weighted by Gasteiger charge is -2.06. The summed E-state index contributed by atoms with van der Waals surface area (Å²) >= 11 is 0. The average Bonchev–Trinajstić information content (AvgIpc) is 2.85. The molecule has 0 aliphatic carbocycles. The number of ether oxygens (including phenoxy) is 1. The van der Waals surface area contributed by atoms with Crippen LogP contribution in [0.1, 0.15) is 0 Å². The van der Waals surface area contributed by atoms with E-state index >= 15 is 0 Å². The van der Waals surface area contributed by atoms with Gasteiger partial charge in [0.15, 0.2) is 5.65 Å². The van der Waals surface area contributed by atoms with E-state index in [0.29, 0.717) is 28.0 Å². The zero-order chi connectivity index (χ0) is 13.4. The molecule has 19 heavy (non-hydrogen) atoms. The second kappa shape index (κ2) is 4.20. The van der Waals surface area contributed by atoms with Crippen molar-refractivity contribution in [2.24, 2.45) is 0 Å². The number of methoxy groups -OCH3 is 1. The molecule has 0 saturated heterocycles. The smallest absolute Gasteiger partial charge is 0.222 e. The van der Waals surface area contributed by atoms with E-state index in [1.807, 2.05) is 0 Å². The number of aromatic amines is 1. The lowest BCUT2D eigenvalue weighted by Crippen LogP contribution is -1.98. The Bertz CT molecular complexity index is 755. The third kappa shape index (κ3) is 1.85. The second-order valence-electron chi connectivity index (χ2n) is 3.91. The fraction of sp³-hybridized carbons (Fsp3) is 0.0833. The van der Waals surface area contributed by atoms with E-state index in [-0.39, 0.29) is 5.95 Å². The Hall–Kier alpha value is -2.70. The molecule has 0 unspecified atom stereocenters. The Labute approximate surface area is 107 Å².